The van der Waals surface area contributed by atoms with E-state index >= 15 is 0 Å². The van der Waals surface area contributed by atoms with E-state index in [0.29, 0.717) is 19.1 Å². The van der Waals surface area contributed by atoms with Crippen molar-refractivity contribution in [3.63, 3.8) is 0 Å². The first kappa shape index (κ1) is 13.6. The van der Waals surface area contributed by atoms with E-state index in [0.717, 1.165) is 25.0 Å². The smallest absolute Gasteiger partial charge is 0.309 e. The largest absolute Gasteiger partial charge is 0.460 e. The van der Waals surface area contributed by atoms with E-state index in [4.69, 9.17) is 9.47 Å². The third-order valence-electron chi connectivity index (χ3n) is 4.40. The van der Waals surface area contributed by atoms with Gasteiger partial charge >= 0.3 is 5.97 Å². The molecule has 0 saturated carbocycles. The molecule has 5 heteroatoms. The topological polar surface area (TPSA) is 64.2 Å². The SMILES string of the molecule is CC(C)C1c2nc[nH]c2CCC1C(=O)O[C@H]1CCOC1. The van der Waals surface area contributed by atoms with Crippen molar-refractivity contribution in [2.45, 2.75) is 45.1 Å². The van der Waals surface area contributed by atoms with Gasteiger partial charge in [-0.15, -0.1) is 0 Å². The van der Waals surface area contributed by atoms with Gasteiger partial charge in [0.05, 0.1) is 31.2 Å². The lowest BCUT2D eigenvalue weighted by atomic mass is 9.74. The molecule has 0 bridgehead atoms. The lowest BCUT2D eigenvalue weighted by Crippen LogP contribution is -2.34. The predicted molar refractivity (Wildman–Crippen MR) is 73.3 cm³/mol. The van der Waals surface area contributed by atoms with Crippen LogP contribution in [0.3, 0.4) is 0 Å². The minimum absolute atomic E-state index is 0.0594. The van der Waals surface area contributed by atoms with Crippen LogP contribution in [0.15, 0.2) is 6.33 Å². The minimum atomic E-state index is -0.0774. The molecule has 1 N–H and O–H groups in total. The first-order valence-corrected chi connectivity index (χ1v) is 7.47. The molecule has 1 aromatic rings. The van der Waals surface area contributed by atoms with E-state index in [9.17, 15) is 4.79 Å². The second-order valence-corrected chi connectivity index (χ2v) is 6.10. The molecule has 3 rings (SSSR count). The van der Waals surface area contributed by atoms with E-state index in [-0.39, 0.29) is 23.9 Å². The van der Waals surface area contributed by atoms with Crippen molar-refractivity contribution in [3.05, 3.63) is 17.7 Å². The lowest BCUT2D eigenvalue weighted by Gasteiger charge is -2.32. The summed E-state index contributed by atoms with van der Waals surface area (Å²) in [4.78, 5) is 20.1. The molecule has 0 radical (unpaired) electrons. The standard InChI is InChI=1S/C15H22N2O3/c1-9(2)13-11(3-4-12-14(13)17-8-16-12)15(18)20-10-5-6-19-7-10/h8-11,13H,3-7H2,1-2H3,(H,16,17)/t10-,11?,13?/m0/s1. The predicted octanol–water partition coefficient (Wildman–Crippen LogP) is 2.04. The quantitative estimate of drug-likeness (QED) is 0.859. The Kier molecular flexibility index (Phi) is 3.78. The second-order valence-electron chi connectivity index (χ2n) is 6.10. The third kappa shape index (κ3) is 2.46. The molecule has 0 aromatic carbocycles. The summed E-state index contributed by atoms with van der Waals surface area (Å²) < 4.78 is 10.9. The monoisotopic (exact) mass is 278 g/mol. The fraction of sp³-hybridized carbons (Fsp3) is 0.733. The van der Waals surface area contributed by atoms with Gasteiger partial charge in [-0.2, -0.15) is 0 Å². The van der Waals surface area contributed by atoms with Crippen LogP contribution in [-0.4, -0.2) is 35.3 Å². The van der Waals surface area contributed by atoms with Crippen LogP contribution >= 0.6 is 0 Å². The second kappa shape index (κ2) is 5.56. The Balaban J connectivity index is 1.76. The fourth-order valence-electron chi connectivity index (χ4n) is 3.39. The molecule has 0 amide bonds. The molecule has 2 heterocycles. The summed E-state index contributed by atoms with van der Waals surface area (Å²) in [5.41, 5.74) is 2.23. The number of carbonyl (C=O) groups excluding carboxylic acids is 1. The van der Waals surface area contributed by atoms with Crippen molar-refractivity contribution in [2.24, 2.45) is 11.8 Å². The van der Waals surface area contributed by atoms with E-state index in [2.05, 4.69) is 23.8 Å². The maximum atomic E-state index is 12.5. The summed E-state index contributed by atoms with van der Waals surface area (Å²) in [5, 5.41) is 0. The van der Waals surface area contributed by atoms with E-state index in [1.165, 1.54) is 5.69 Å². The van der Waals surface area contributed by atoms with Crippen LogP contribution in [0.2, 0.25) is 0 Å². The normalized spacial score (nSPS) is 29.4. The highest BCUT2D eigenvalue weighted by atomic mass is 16.6. The molecule has 2 unspecified atom stereocenters. The first-order valence-electron chi connectivity index (χ1n) is 7.47. The molecule has 1 fully saturated rings. The van der Waals surface area contributed by atoms with Gasteiger partial charge in [0.2, 0.25) is 0 Å². The molecule has 5 nitrogen and oxygen atoms in total. The fourth-order valence-corrected chi connectivity index (χ4v) is 3.39. The summed E-state index contributed by atoms with van der Waals surface area (Å²) in [6.07, 6.45) is 4.21. The number of nitrogens with one attached hydrogen (secondary N) is 1. The van der Waals surface area contributed by atoms with Gasteiger partial charge in [-0.05, 0) is 18.8 Å². The van der Waals surface area contributed by atoms with Crippen LogP contribution in [0.4, 0.5) is 0 Å². The summed E-state index contributed by atoms with van der Waals surface area (Å²) in [6, 6.07) is 0. The zero-order chi connectivity index (χ0) is 14.1. The van der Waals surface area contributed by atoms with Gasteiger partial charge < -0.3 is 14.5 Å². The van der Waals surface area contributed by atoms with Gasteiger partial charge in [-0.25, -0.2) is 4.98 Å². The molecular weight excluding hydrogens is 256 g/mol. The van der Waals surface area contributed by atoms with Crippen LogP contribution in [0.5, 0.6) is 0 Å². The number of aromatic nitrogens is 2. The summed E-state index contributed by atoms with van der Waals surface area (Å²) in [5.74, 6) is 0.369. The Hall–Kier alpha value is -1.36. The molecular formula is C15H22N2O3. The number of rotatable bonds is 3. The minimum Gasteiger partial charge on any atom is -0.460 e. The highest BCUT2D eigenvalue weighted by molar-refractivity contribution is 5.74. The highest BCUT2D eigenvalue weighted by Crippen LogP contribution is 2.40. The average Bonchev–Trinajstić information content (AvgIpc) is 3.06. The number of aromatic amines is 1. The number of aryl methyl sites for hydroxylation is 1. The molecule has 1 saturated heterocycles. The number of imidazole rings is 1. The third-order valence-corrected chi connectivity index (χ3v) is 4.40. The van der Waals surface area contributed by atoms with E-state index in [1.54, 1.807) is 6.33 Å². The Morgan fingerprint density at radius 2 is 2.35 bits per heavy atom. The van der Waals surface area contributed by atoms with Gasteiger partial charge in [-0.1, -0.05) is 13.8 Å². The van der Waals surface area contributed by atoms with Gasteiger partial charge in [-0.3, -0.25) is 4.79 Å². The van der Waals surface area contributed by atoms with Crippen molar-refractivity contribution >= 4 is 5.97 Å². The van der Waals surface area contributed by atoms with Crippen molar-refractivity contribution in [2.75, 3.05) is 13.2 Å². The van der Waals surface area contributed by atoms with Crippen molar-refractivity contribution in [3.8, 4) is 0 Å². The van der Waals surface area contributed by atoms with Crippen LogP contribution < -0.4 is 0 Å². The number of nitrogens with zero attached hydrogens (tertiary/aromatic N) is 1. The highest BCUT2D eigenvalue weighted by Gasteiger charge is 2.39. The molecule has 110 valence electrons. The average molecular weight is 278 g/mol. The van der Waals surface area contributed by atoms with Crippen LogP contribution in [-0.2, 0) is 20.7 Å². The van der Waals surface area contributed by atoms with Crippen molar-refractivity contribution in [1.29, 1.82) is 0 Å². The Labute approximate surface area is 119 Å². The lowest BCUT2D eigenvalue weighted by molar-refractivity contribution is -0.156. The van der Waals surface area contributed by atoms with Gasteiger partial charge in [0.15, 0.2) is 0 Å². The zero-order valence-corrected chi connectivity index (χ0v) is 12.1. The van der Waals surface area contributed by atoms with Gasteiger partial charge in [0, 0.05) is 18.0 Å². The van der Waals surface area contributed by atoms with Crippen molar-refractivity contribution in [1.82, 2.24) is 9.97 Å². The van der Waals surface area contributed by atoms with Crippen LogP contribution in [0, 0.1) is 11.8 Å². The number of hydrogen-bond donors (Lipinski definition) is 1. The maximum absolute atomic E-state index is 12.5. The van der Waals surface area contributed by atoms with Crippen LogP contribution in [0.1, 0.15) is 44.0 Å². The molecule has 20 heavy (non-hydrogen) atoms. The number of hydrogen-bond acceptors (Lipinski definition) is 4. The molecule has 2 aliphatic rings. The number of ether oxygens (including phenoxy) is 2. The first-order chi connectivity index (χ1) is 9.66. The number of esters is 1. The number of H-pyrrole nitrogens is 1. The van der Waals surface area contributed by atoms with Gasteiger partial charge in [0.1, 0.15) is 6.10 Å². The summed E-state index contributed by atoms with van der Waals surface area (Å²) in [7, 11) is 0. The summed E-state index contributed by atoms with van der Waals surface area (Å²) in [6.45, 7) is 5.53. The molecule has 1 aliphatic carbocycles. The molecule has 0 spiro atoms. The van der Waals surface area contributed by atoms with E-state index < -0.39 is 0 Å². The Morgan fingerprint density at radius 3 is 3.05 bits per heavy atom. The number of fused-ring (bicyclic) bond motifs is 1. The Morgan fingerprint density at radius 1 is 1.50 bits per heavy atom. The number of carbonyl (C=O) groups is 1. The van der Waals surface area contributed by atoms with Crippen LogP contribution in [0.25, 0.3) is 0 Å². The van der Waals surface area contributed by atoms with Crippen molar-refractivity contribution < 1.29 is 14.3 Å². The zero-order valence-electron chi connectivity index (χ0n) is 12.1. The summed E-state index contributed by atoms with van der Waals surface area (Å²) >= 11 is 0. The molecule has 3 atom stereocenters. The molecule has 1 aliphatic heterocycles. The van der Waals surface area contributed by atoms with Gasteiger partial charge in [0.25, 0.3) is 0 Å². The molecule has 1 aromatic heterocycles. The maximum Gasteiger partial charge on any atom is 0.309 e. The van der Waals surface area contributed by atoms with E-state index in [1.807, 2.05) is 0 Å². The Bertz CT molecular complexity index is 477.